The van der Waals surface area contributed by atoms with Gasteiger partial charge in [-0.25, -0.2) is 0 Å². The average molecular weight is 302 g/mol. The Morgan fingerprint density at radius 2 is 1.59 bits per heavy atom. The van der Waals surface area contributed by atoms with Crippen molar-refractivity contribution in [2.45, 2.75) is 51.9 Å². The Morgan fingerprint density at radius 3 is 2.09 bits per heavy atom. The first kappa shape index (κ1) is 16.9. The van der Waals surface area contributed by atoms with E-state index in [1.807, 2.05) is 11.9 Å². The highest BCUT2D eigenvalue weighted by molar-refractivity contribution is 5.81. The van der Waals surface area contributed by atoms with E-state index in [4.69, 9.17) is 0 Å². The van der Waals surface area contributed by atoms with Crippen molar-refractivity contribution in [1.82, 2.24) is 4.90 Å². The molecule has 1 aliphatic heterocycles. The molecule has 0 atom stereocenters. The summed E-state index contributed by atoms with van der Waals surface area (Å²) < 4.78 is 0. The molecule has 0 bridgehead atoms. The molecule has 1 heterocycles. The van der Waals surface area contributed by atoms with Crippen LogP contribution in [-0.2, 0) is 10.2 Å². The molecule has 0 N–H and O–H groups in total. The molecule has 1 amide bonds. The van der Waals surface area contributed by atoms with Crippen LogP contribution in [0.2, 0.25) is 0 Å². The predicted octanol–water partition coefficient (Wildman–Crippen LogP) is 3.82. The normalized spacial score (nSPS) is 16.3. The number of likely N-dealkylation sites (tertiary alicyclic amines) is 1. The highest BCUT2D eigenvalue weighted by atomic mass is 16.2. The summed E-state index contributed by atoms with van der Waals surface area (Å²) >= 11 is 0. The lowest BCUT2D eigenvalue weighted by Crippen LogP contribution is -2.39. The van der Waals surface area contributed by atoms with E-state index in [0.717, 1.165) is 31.6 Å². The first-order valence-corrected chi connectivity index (χ1v) is 8.47. The SMILES string of the molecule is CN(CC(=O)N1CCCCCC1)c1ccc(C(C)(C)C)cc1. The number of rotatable bonds is 3. The molecule has 0 aliphatic carbocycles. The second kappa shape index (κ2) is 7.17. The minimum Gasteiger partial charge on any atom is -0.365 e. The third-order valence-electron chi connectivity index (χ3n) is 4.51. The molecule has 0 spiro atoms. The van der Waals surface area contributed by atoms with Gasteiger partial charge in [-0.2, -0.15) is 0 Å². The van der Waals surface area contributed by atoms with E-state index < -0.39 is 0 Å². The number of amides is 1. The summed E-state index contributed by atoms with van der Waals surface area (Å²) in [5, 5.41) is 0. The van der Waals surface area contributed by atoms with Crippen molar-refractivity contribution in [3.8, 4) is 0 Å². The molecule has 1 aromatic rings. The van der Waals surface area contributed by atoms with Crippen LogP contribution in [-0.4, -0.2) is 37.5 Å². The van der Waals surface area contributed by atoms with Gasteiger partial charge in [0.15, 0.2) is 0 Å². The second-order valence-electron chi connectivity index (χ2n) is 7.45. The van der Waals surface area contributed by atoms with E-state index in [2.05, 4.69) is 49.9 Å². The average Bonchev–Trinajstić information content (AvgIpc) is 2.75. The van der Waals surface area contributed by atoms with Crippen molar-refractivity contribution in [2.24, 2.45) is 0 Å². The Hall–Kier alpha value is -1.51. The zero-order chi connectivity index (χ0) is 16.2. The Kier molecular flexibility index (Phi) is 5.49. The lowest BCUT2D eigenvalue weighted by molar-refractivity contribution is -0.129. The molecular weight excluding hydrogens is 272 g/mol. The molecule has 22 heavy (non-hydrogen) atoms. The fourth-order valence-electron chi connectivity index (χ4n) is 2.93. The van der Waals surface area contributed by atoms with E-state index >= 15 is 0 Å². The zero-order valence-corrected chi connectivity index (χ0v) is 14.6. The van der Waals surface area contributed by atoms with Gasteiger partial charge in [-0.3, -0.25) is 4.79 Å². The molecule has 0 unspecified atom stereocenters. The molecular formula is C19H30N2O. The highest BCUT2D eigenvalue weighted by Crippen LogP contribution is 2.24. The van der Waals surface area contributed by atoms with Gasteiger partial charge in [0, 0.05) is 25.8 Å². The van der Waals surface area contributed by atoms with Gasteiger partial charge in [0.25, 0.3) is 0 Å². The standard InChI is InChI=1S/C19H30N2O/c1-19(2,3)16-9-11-17(12-10-16)20(4)15-18(22)21-13-7-5-6-8-14-21/h9-12H,5-8,13-15H2,1-4H3. The van der Waals surface area contributed by atoms with Crippen molar-refractivity contribution >= 4 is 11.6 Å². The van der Waals surface area contributed by atoms with E-state index in [1.54, 1.807) is 0 Å². The van der Waals surface area contributed by atoms with Crippen molar-refractivity contribution < 1.29 is 4.79 Å². The molecule has 2 rings (SSSR count). The van der Waals surface area contributed by atoms with Crippen LogP contribution >= 0.6 is 0 Å². The lowest BCUT2D eigenvalue weighted by Gasteiger charge is -2.26. The van der Waals surface area contributed by atoms with Crippen molar-refractivity contribution in [3.63, 3.8) is 0 Å². The van der Waals surface area contributed by atoms with Gasteiger partial charge >= 0.3 is 0 Å². The van der Waals surface area contributed by atoms with E-state index in [1.165, 1.54) is 18.4 Å². The van der Waals surface area contributed by atoms with Crippen LogP contribution < -0.4 is 4.90 Å². The number of likely N-dealkylation sites (N-methyl/N-ethyl adjacent to an activating group) is 1. The summed E-state index contributed by atoms with van der Waals surface area (Å²) in [6.45, 7) is 8.97. The van der Waals surface area contributed by atoms with Gasteiger partial charge in [-0.15, -0.1) is 0 Å². The van der Waals surface area contributed by atoms with Gasteiger partial charge in [0.1, 0.15) is 0 Å². The molecule has 1 saturated heterocycles. The van der Waals surface area contributed by atoms with Gasteiger partial charge in [0.05, 0.1) is 6.54 Å². The van der Waals surface area contributed by atoms with Crippen LogP contribution in [0.4, 0.5) is 5.69 Å². The summed E-state index contributed by atoms with van der Waals surface area (Å²) in [6, 6.07) is 8.58. The Labute approximate surface area is 135 Å². The minimum absolute atomic E-state index is 0.166. The number of benzene rings is 1. The van der Waals surface area contributed by atoms with E-state index in [9.17, 15) is 4.79 Å². The minimum atomic E-state index is 0.166. The van der Waals surface area contributed by atoms with Crippen LogP contribution in [0.5, 0.6) is 0 Å². The fourth-order valence-corrected chi connectivity index (χ4v) is 2.93. The molecule has 122 valence electrons. The van der Waals surface area contributed by atoms with Crippen LogP contribution in [0.1, 0.15) is 52.0 Å². The van der Waals surface area contributed by atoms with Crippen LogP contribution in [0.15, 0.2) is 24.3 Å². The van der Waals surface area contributed by atoms with Crippen LogP contribution in [0.3, 0.4) is 0 Å². The molecule has 1 aromatic carbocycles. The summed E-state index contributed by atoms with van der Waals surface area (Å²) in [5.74, 6) is 0.254. The number of nitrogens with zero attached hydrogens (tertiary/aromatic N) is 2. The Balaban J connectivity index is 1.96. The lowest BCUT2D eigenvalue weighted by atomic mass is 9.87. The summed E-state index contributed by atoms with van der Waals surface area (Å²) in [5.41, 5.74) is 2.60. The van der Waals surface area contributed by atoms with Crippen molar-refractivity contribution in [1.29, 1.82) is 0 Å². The van der Waals surface area contributed by atoms with Gasteiger partial charge in [-0.05, 0) is 36.0 Å². The summed E-state index contributed by atoms with van der Waals surface area (Å²) in [6.07, 6.45) is 4.81. The monoisotopic (exact) mass is 302 g/mol. The first-order valence-electron chi connectivity index (χ1n) is 8.47. The predicted molar refractivity (Wildman–Crippen MR) is 93.5 cm³/mol. The Morgan fingerprint density at radius 1 is 1.05 bits per heavy atom. The third-order valence-corrected chi connectivity index (χ3v) is 4.51. The third kappa shape index (κ3) is 4.49. The van der Waals surface area contributed by atoms with E-state index in [-0.39, 0.29) is 11.3 Å². The number of carbonyl (C=O) groups excluding carboxylic acids is 1. The smallest absolute Gasteiger partial charge is 0.242 e. The summed E-state index contributed by atoms with van der Waals surface area (Å²) in [7, 11) is 2.00. The maximum absolute atomic E-state index is 12.4. The van der Waals surface area contributed by atoms with Crippen molar-refractivity contribution in [3.05, 3.63) is 29.8 Å². The molecule has 0 aromatic heterocycles. The van der Waals surface area contributed by atoms with Crippen LogP contribution in [0.25, 0.3) is 0 Å². The highest BCUT2D eigenvalue weighted by Gasteiger charge is 2.18. The molecule has 3 nitrogen and oxygen atoms in total. The molecule has 3 heteroatoms. The number of anilines is 1. The molecule has 0 saturated carbocycles. The Bertz CT molecular complexity index is 479. The van der Waals surface area contributed by atoms with E-state index in [0.29, 0.717) is 6.54 Å². The molecule has 1 fully saturated rings. The van der Waals surface area contributed by atoms with Crippen LogP contribution in [0, 0.1) is 0 Å². The topological polar surface area (TPSA) is 23.6 Å². The van der Waals surface area contributed by atoms with Gasteiger partial charge < -0.3 is 9.80 Å². The number of hydrogen-bond donors (Lipinski definition) is 0. The van der Waals surface area contributed by atoms with Gasteiger partial charge in [0.2, 0.25) is 5.91 Å². The molecule has 1 aliphatic rings. The van der Waals surface area contributed by atoms with Gasteiger partial charge in [-0.1, -0.05) is 45.7 Å². The maximum atomic E-state index is 12.4. The first-order chi connectivity index (χ1) is 10.4. The molecule has 0 radical (unpaired) electrons. The number of hydrogen-bond acceptors (Lipinski definition) is 2. The maximum Gasteiger partial charge on any atom is 0.242 e. The number of carbonyl (C=O) groups is 1. The largest absolute Gasteiger partial charge is 0.365 e. The second-order valence-corrected chi connectivity index (χ2v) is 7.45. The fraction of sp³-hybridized carbons (Fsp3) is 0.632. The quantitative estimate of drug-likeness (QED) is 0.847. The zero-order valence-electron chi connectivity index (χ0n) is 14.6. The summed E-state index contributed by atoms with van der Waals surface area (Å²) in [4.78, 5) is 16.5. The van der Waals surface area contributed by atoms with Crippen molar-refractivity contribution in [2.75, 3.05) is 31.6 Å².